The number of fused-ring (bicyclic) bond motifs is 1. The molecule has 0 aliphatic carbocycles. The van der Waals surface area contributed by atoms with Crippen molar-refractivity contribution in [2.45, 2.75) is 52.4 Å². The number of carboxylic acids is 1. The van der Waals surface area contributed by atoms with Crippen LogP contribution >= 0.6 is 0 Å². The summed E-state index contributed by atoms with van der Waals surface area (Å²) in [5.74, 6) is -0.277. The number of ether oxygens (including phenoxy) is 3. The molecule has 0 saturated carbocycles. The summed E-state index contributed by atoms with van der Waals surface area (Å²) in [7, 11) is 0. The van der Waals surface area contributed by atoms with Crippen LogP contribution in [0, 0.1) is 0 Å². The third kappa shape index (κ3) is 8.53. The van der Waals surface area contributed by atoms with Crippen molar-refractivity contribution in [3.05, 3.63) is 101 Å². The van der Waals surface area contributed by atoms with Crippen molar-refractivity contribution in [3.63, 3.8) is 0 Å². The smallest absolute Gasteiger partial charge is 0.354 e. The lowest BCUT2D eigenvalue weighted by molar-refractivity contribution is -0.140. The first kappa shape index (κ1) is 29.6. The van der Waals surface area contributed by atoms with E-state index in [9.17, 15) is 14.7 Å². The van der Waals surface area contributed by atoms with Gasteiger partial charge < -0.3 is 24.6 Å². The first-order valence-electron chi connectivity index (χ1n) is 13.9. The van der Waals surface area contributed by atoms with Crippen molar-refractivity contribution in [2.75, 3.05) is 13.2 Å². The Hall–Kier alpha value is -4.43. The minimum atomic E-state index is -1.11. The first-order valence-corrected chi connectivity index (χ1v) is 13.9. The maximum absolute atomic E-state index is 11.9. The highest BCUT2D eigenvalue weighted by molar-refractivity contribution is 5.96. The highest BCUT2D eigenvalue weighted by Gasteiger charge is 2.21. The molecule has 1 aliphatic heterocycles. The topological polar surface area (TPSA) is 107 Å². The van der Waals surface area contributed by atoms with Gasteiger partial charge in [-0.15, -0.1) is 0 Å². The number of aromatic nitrogens is 1. The largest absolute Gasteiger partial charge is 0.488 e. The Kier molecular flexibility index (Phi) is 10.7. The fourth-order valence-corrected chi connectivity index (χ4v) is 4.64. The molecule has 2 heterocycles. The molecule has 3 aromatic carbocycles. The SMILES string of the molecule is CCOC(C)=O.O=C(O)c1cc(OCc2ccccc2)c2cc(C3CCCCN3)cc(OCc3ccccc3)c2n1. The first-order chi connectivity index (χ1) is 19.9. The van der Waals surface area contributed by atoms with Crippen molar-refractivity contribution in [1.29, 1.82) is 0 Å². The number of benzene rings is 3. The van der Waals surface area contributed by atoms with Crippen LogP contribution in [0.2, 0.25) is 0 Å². The number of nitrogens with zero attached hydrogens (tertiary/aromatic N) is 1. The monoisotopic (exact) mass is 556 g/mol. The Labute approximate surface area is 240 Å². The standard InChI is InChI=1S/C29H28N2O4.C4H8O2/c32-29(33)25-17-26(34-18-20-9-3-1-4-10-20)23-15-22(24-13-7-8-14-30-24)16-27(28(23)31-25)35-19-21-11-5-2-6-12-21;1-3-6-4(2)5/h1-6,9-12,15-17,24,30H,7-8,13-14,18-19H2,(H,32,33);3H2,1-2H3. The molecule has 41 heavy (non-hydrogen) atoms. The van der Waals surface area contributed by atoms with E-state index in [1.165, 1.54) is 13.0 Å². The Morgan fingerprint density at radius 2 is 1.54 bits per heavy atom. The summed E-state index contributed by atoms with van der Waals surface area (Å²) in [6.45, 7) is 5.30. The van der Waals surface area contributed by atoms with Gasteiger partial charge in [0.05, 0.1) is 6.61 Å². The summed E-state index contributed by atoms with van der Waals surface area (Å²) in [4.78, 5) is 26.2. The number of esters is 1. The molecule has 2 N–H and O–H groups in total. The van der Waals surface area contributed by atoms with Crippen molar-refractivity contribution in [2.24, 2.45) is 0 Å². The van der Waals surface area contributed by atoms with Crippen LogP contribution in [-0.4, -0.2) is 35.2 Å². The van der Waals surface area contributed by atoms with Crippen LogP contribution < -0.4 is 14.8 Å². The predicted octanol–water partition coefficient (Wildman–Crippen LogP) is 6.48. The van der Waals surface area contributed by atoms with E-state index in [1.54, 1.807) is 6.92 Å². The van der Waals surface area contributed by atoms with Crippen LogP contribution in [-0.2, 0) is 22.7 Å². The number of piperidine rings is 1. The summed E-state index contributed by atoms with van der Waals surface area (Å²) < 4.78 is 16.8. The van der Waals surface area contributed by atoms with Gasteiger partial charge in [0.15, 0.2) is 5.69 Å². The van der Waals surface area contributed by atoms with Crippen molar-refractivity contribution in [1.82, 2.24) is 10.3 Å². The van der Waals surface area contributed by atoms with E-state index in [0.717, 1.165) is 47.9 Å². The summed E-state index contributed by atoms with van der Waals surface area (Å²) in [5.41, 5.74) is 3.53. The fourth-order valence-electron chi connectivity index (χ4n) is 4.64. The number of rotatable bonds is 9. The number of carbonyl (C=O) groups excluding carboxylic acids is 1. The van der Waals surface area contributed by atoms with Crippen LogP contribution in [0.1, 0.15) is 66.3 Å². The van der Waals surface area contributed by atoms with Crippen molar-refractivity contribution >= 4 is 22.8 Å². The molecular formula is C33H36N2O6. The molecule has 1 saturated heterocycles. The molecule has 8 heteroatoms. The average Bonchev–Trinajstić information content (AvgIpc) is 3.00. The zero-order valence-corrected chi connectivity index (χ0v) is 23.5. The van der Waals surface area contributed by atoms with Gasteiger partial charge >= 0.3 is 11.9 Å². The molecule has 1 fully saturated rings. The third-order valence-corrected chi connectivity index (χ3v) is 6.62. The van der Waals surface area contributed by atoms with E-state index >= 15 is 0 Å². The zero-order valence-electron chi connectivity index (χ0n) is 23.5. The van der Waals surface area contributed by atoms with Gasteiger partial charge in [0.1, 0.15) is 30.2 Å². The van der Waals surface area contributed by atoms with E-state index in [4.69, 9.17) is 9.47 Å². The molecule has 8 nitrogen and oxygen atoms in total. The quantitative estimate of drug-likeness (QED) is 0.226. The molecule has 1 aliphatic rings. The van der Waals surface area contributed by atoms with Gasteiger partial charge in [-0.3, -0.25) is 4.79 Å². The number of aromatic carboxylic acids is 1. The minimum Gasteiger partial charge on any atom is -0.488 e. The summed E-state index contributed by atoms with van der Waals surface area (Å²) in [5, 5.41) is 14.1. The van der Waals surface area contributed by atoms with Crippen LogP contribution in [0.15, 0.2) is 78.9 Å². The number of carboxylic acid groups (broad SMARTS) is 1. The van der Waals surface area contributed by atoms with E-state index in [2.05, 4.69) is 21.1 Å². The van der Waals surface area contributed by atoms with Gasteiger partial charge in [-0.1, -0.05) is 67.1 Å². The van der Waals surface area contributed by atoms with Gasteiger partial charge in [0.25, 0.3) is 0 Å². The summed E-state index contributed by atoms with van der Waals surface area (Å²) in [6, 6.07) is 25.5. The average molecular weight is 557 g/mol. The third-order valence-electron chi connectivity index (χ3n) is 6.62. The second-order valence-electron chi connectivity index (χ2n) is 9.70. The molecule has 0 radical (unpaired) electrons. The Morgan fingerprint density at radius 1 is 0.902 bits per heavy atom. The van der Waals surface area contributed by atoms with Gasteiger partial charge in [0, 0.05) is 24.4 Å². The maximum Gasteiger partial charge on any atom is 0.354 e. The summed E-state index contributed by atoms with van der Waals surface area (Å²) in [6.07, 6.45) is 3.35. The van der Waals surface area contributed by atoms with Crippen LogP contribution in [0.5, 0.6) is 11.5 Å². The molecule has 1 aromatic heterocycles. The second kappa shape index (κ2) is 14.8. The normalized spacial score (nSPS) is 14.4. The van der Waals surface area contributed by atoms with Crippen LogP contribution in [0.25, 0.3) is 10.9 Å². The van der Waals surface area contributed by atoms with E-state index < -0.39 is 5.97 Å². The lowest BCUT2D eigenvalue weighted by Crippen LogP contribution is -2.26. The Bertz CT molecular complexity index is 1440. The molecule has 1 unspecified atom stereocenters. The number of hydrogen-bond donors (Lipinski definition) is 2. The van der Waals surface area contributed by atoms with Crippen molar-refractivity contribution < 1.29 is 28.9 Å². The molecule has 5 rings (SSSR count). The van der Waals surface area contributed by atoms with E-state index in [1.807, 2.05) is 66.7 Å². The zero-order chi connectivity index (χ0) is 29.0. The molecule has 1 atom stereocenters. The number of nitrogens with one attached hydrogen (secondary N) is 1. The highest BCUT2D eigenvalue weighted by Crippen LogP contribution is 2.37. The maximum atomic E-state index is 11.9. The Balaban J connectivity index is 0.000000585. The molecule has 214 valence electrons. The number of hydrogen-bond acceptors (Lipinski definition) is 7. The van der Waals surface area contributed by atoms with Gasteiger partial charge in [-0.05, 0) is 55.1 Å². The van der Waals surface area contributed by atoms with Gasteiger partial charge in [-0.25, -0.2) is 9.78 Å². The van der Waals surface area contributed by atoms with Gasteiger partial charge in [-0.2, -0.15) is 0 Å². The lowest BCUT2D eigenvalue weighted by atomic mass is 9.95. The molecular weight excluding hydrogens is 520 g/mol. The van der Waals surface area contributed by atoms with E-state index in [0.29, 0.717) is 36.8 Å². The Morgan fingerprint density at radius 3 is 2.05 bits per heavy atom. The molecule has 0 amide bonds. The minimum absolute atomic E-state index is 0.0753. The van der Waals surface area contributed by atoms with Crippen molar-refractivity contribution in [3.8, 4) is 11.5 Å². The highest BCUT2D eigenvalue weighted by atomic mass is 16.5. The van der Waals surface area contributed by atoms with E-state index in [-0.39, 0.29) is 17.7 Å². The van der Waals surface area contributed by atoms with Crippen LogP contribution in [0.4, 0.5) is 0 Å². The summed E-state index contributed by atoms with van der Waals surface area (Å²) >= 11 is 0. The number of carbonyl (C=O) groups is 2. The lowest BCUT2D eigenvalue weighted by Gasteiger charge is -2.25. The fraction of sp³-hybridized carbons (Fsp3) is 0.303. The molecule has 4 aromatic rings. The van der Waals surface area contributed by atoms with Crippen LogP contribution in [0.3, 0.4) is 0 Å². The predicted molar refractivity (Wildman–Crippen MR) is 157 cm³/mol. The number of pyridine rings is 1. The molecule has 0 bridgehead atoms. The van der Waals surface area contributed by atoms with Gasteiger partial charge in [0.2, 0.25) is 0 Å². The second-order valence-corrected chi connectivity index (χ2v) is 9.70. The molecule has 0 spiro atoms.